The van der Waals surface area contributed by atoms with E-state index in [1.807, 2.05) is 0 Å². The molecule has 0 radical (unpaired) electrons. The molecule has 1 aromatic carbocycles. The monoisotopic (exact) mass is 206 g/mol. The molecule has 78 valence electrons. The lowest BCUT2D eigenvalue weighted by Crippen LogP contribution is -2.02. The minimum Gasteiger partial charge on any atom is -0.494 e. The molecule has 0 saturated carbocycles. The lowest BCUT2D eigenvalue weighted by atomic mass is 10.1. The molecule has 1 heterocycles. The SMILES string of the molecule is COc1c(C(=O)O)ccc2cnn(C)c12. The van der Waals surface area contributed by atoms with E-state index in [-0.39, 0.29) is 5.56 Å². The highest BCUT2D eigenvalue weighted by molar-refractivity contribution is 5.99. The molecule has 1 aromatic heterocycles. The van der Waals surface area contributed by atoms with Crippen LogP contribution >= 0.6 is 0 Å². The van der Waals surface area contributed by atoms with E-state index < -0.39 is 5.97 Å². The number of aromatic nitrogens is 2. The van der Waals surface area contributed by atoms with Gasteiger partial charge in [0.05, 0.1) is 13.3 Å². The number of benzene rings is 1. The number of fused-ring (bicyclic) bond motifs is 1. The number of ether oxygens (including phenoxy) is 1. The van der Waals surface area contributed by atoms with Gasteiger partial charge in [-0.3, -0.25) is 4.68 Å². The number of carboxylic acids is 1. The molecule has 0 aliphatic heterocycles. The van der Waals surface area contributed by atoms with Gasteiger partial charge in [0.2, 0.25) is 0 Å². The van der Waals surface area contributed by atoms with E-state index in [2.05, 4.69) is 5.10 Å². The summed E-state index contributed by atoms with van der Waals surface area (Å²) < 4.78 is 6.72. The predicted molar refractivity (Wildman–Crippen MR) is 54.2 cm³/mol. The Morgan fingerprint density at radius 1 is 1.53 bits per heavy atom. The first-order chi connectivity index (χ1) is 7.15. The Bertz CT molecular complexity index is 531. The summed E-state index contributed by atoms with van der Waals surface area (Å²) in [6.07, 6.45) is 1.67. The number of carbonyl (C=O) groups is 1. The highest BCUT2D eigenvalue weighted by Gasteiger charge is 2.16. The topological polar surface area (TPSA) is 64.3 Å². The van der Waals surface area contributed by atoms with Crippen molar-refractivity contribution < 1.29 is 14.6 Å². The van der Waals surface area contributed by atoms with Gasteiger partial charge in [0.25, 0.3) is 0 Å². The average molecular weight is 206 g/mol. The molecule has 2 rings (SSSR count). The van der Waals surface area contributed by atoms with Gasteiger partial charge in [0.1, 0.15) is 11.1 Å². The first kappa shape index (κ1) is 9.51. The van der Waals surface area contributed by atoms with Crippen LogP contribution in [0.4, 0.5) is 0 Å². The van der Waals surface area contributed by atoms with Crippen LogP contribution in [0, 0.1) is 0 Å². The van der Waals surface area contributed by atoms with Gasteiger partial charge < -0.3 is 9.84 Å². The minimum absolute atomic E-state index is 0.147. The predicted octanol–water partition coefficient (Wildman–Crippen LogP) is 1.28. The average Bonchev–Trinajstić information content (AvgIpc) is 2.59. The fraction of sp³-hybridized carbons (Fsp3) is 0.200. The Balaban J connectivity index is 2.85. The van der Waals surface area contributed by atoms with Crippen molar-refractivity contribution in [1.82, 2.24) is 9.78 Å². The first-order valence-corrected chi connectivity index (χ1v) is 4.37. The number of aryl methyl sites for hydroxylation is 1. The molecule has 0 amide bonds. The zero-order valence-corrected chi connectivity index (χ0v) is 8.39. The van der Waals surface area contributed by atoms with Crippen LogP contribution in [-0.4, -0.2) is 28.0 Å². The third-order valence-electron chi connectivity index (χ3n) is 2.29. The van der Waals surface area contributed by atoms with E-state index >= 15 is 0 Å². The number of rotatable bonds is 2. The van der Waals surface area contributed by atoms with E-state index in [4.69, 9.17) is 9.84 Å². The van der Waals surface area contributed by atoms with Gasteiger partial charge in [-0.1, -0.05) is 6.07 Å². The summed E-state index contributed by atoms with van der Waals surface area (Å²) in [5.74, 6) is -0.657. The molecule has 0 aliphatic rings. The van der Waals surface area contributed by atoms with E-state index in [1.165, 1.54) is 13.2 Å². The maximum atomic E-state index is 10.9. The number of hydrogen-bond donors (Lipinski definition) is 1. The van der Waals surface area contributed by atoms with Crippen molar-refractivity contribution in [3.63, 3.8) is 0 Å². The molecule has 15 heavy (non-hydrogen) atoms. The van der Waals surface area contributed by atoms with Crippen LogP contribution in [0.2, 0.25) is 0 Å². The second-order valence-corrected chi connectivity index (χ2v) is 3.16. The van der Waals surface area contributed by atoms with E-state index in [9.17, 15) is 4.79 Å². The van der Waals surface area contributed by atoms with Gasteiger partial charge in [-0.15, -0.1) is 0 Å². The maximum absolute atomic E-state index is 10.9. The third kappa shape index (κ3) is 1.32. The summed E-state index contributed by atoms with van der Waals surface area (Å²) >= 11 is 0. The van der Waals surface area contributed by atoms with Crippen LogP contribution in [0.1, 0.15) is 10.4 Å². The smallest absolute Gasteiger partial charge is 0.339 e. The molecule has 0 unspecified atom stereocenters. The van der Waals surface area contributed by atoms with Crippen molar-refractivity contribution in [1.29, 1.82) is 0 Å². The minimum atomic E-state index is -1.00. The highest BCUT2D eigenvalue weighted by atomic mass is 16.5. The van der Waals surface area contributed by atoms with Crippen molar-refractivity contribution in [3.05, 3.63) is 23.9 Å². The zero-order chi connectivity index (χ0) is 11.0. The van der Waals surface area contributed by atoms with Gasteiger partial charge >= 0.3 is 5.97 Å². The Kier molecular flexibility index (Phi) is 2.07. The van der Waals surface area contributed by atoms with Crippen LogP contribution in [0.3, 0.4) is 0 Å². The van der Waals surface area contributed by atoms with Crippen molar-refractivity contribution in [2.24, 2.45) is 7.05 Å². The molecular weight excluding hydrogens is 196 g/mol. The summed E-state index contributed by atoms with van der Waals surface area (Å²) in [6, 6.07) is 3.24. The van der Waals surface area contributed by atoms with Crippen molar-refractivity contribution in [3.8, 4) is 5.75 Å². The molecule has 1 N–H and O–H groups in total. The molecule has 5 heteroatoms. The van der Waals surface area contributed by atoms with Gasteiger partial charge in [-0.05, 0) is 6.07 Å². The number of hydrogen-bond acceptors (Lipinski definition) is 3. The lowest BCUT2D eigenvalue weighted by molar-refractivity contribution is 0.0693. The summed E-state index contributed by atoms with van der Waals surface area (Å²) in [7, 11) is 3.20. The summed E-state index contributed by atoms with van der Waals surface area (Å²) in [6.45, 7) is 0. The maximum Gasteiger partial charge on any atom is 0.339 e. The molecule has 5 nitrogen and oxygen atoms in total. The second-order valence-electron chi connectivity index (χ2n) is 3.16. The Labute approximate surface area is 85.9 Å². The van der Waals surface area contributed by atoms with Crippen LogP contribution in [-0.2, 0) is 7.05 Å². The van der Waals surface area contributed by atoms with E-state index in [1.54, 1.807) is 24.0 Å². The fourth-order valence-electron chi connectivity index (χ4n) is 1.61. The normalized spacial score (nSPS) is 10.5. The van der Waals surface area contributed by atoms with Crippen LogP contribution in [0.25, 0.3) is 10.9 Å². The van der Waals surface area contributed by atoms with Gasteiger partial charge in [0, 0.05) is 12.4 Å². The van der Waals surface area contributed by atoms with Crippen molar-refractivity contribution in [2.45, 2.75) is 0 Å². The largest absolute Gasteiger partial charge is 0.494 e. The van der Waals surface area contributed by atoms with Crippen LogP contribution in [0.5, 0.6) is 5.75 Å². The van der Waals surface area contributed by atoms with Crippen molar-refractivity contribution in [2.75, 3.05) is 7.11 Å². The second kappa shape index (κ2) is 3.27. The standard InChI is InChI=1S/C10H10N2O3/c1-12-8-6(5-11-12)3-4-7(10(13)14)9(8)15-2/h3-5H,1-2H3,(H,13,14). The molecule has 0 saturated heterocycles. The highest BCUT2D eigenvalue weighted by Crippen LogP contribution is 2.29. The molecule has 0 spiro atoms. The lowest BCUT2D eigenvalue weighted by Gasteiger charge is -2.07. The van der Waals surface area contributed by atoms with Crippen molar-refractivity contribution >= 4 is 16.9 Å². The van der Waals surface area contributed by atoms with Gasteiger partial charge in [0.15, 0.2) is 5.75 Å². The van der Waals surface area contributed by atoms with Crippen LogP contribution in [0.15, 0.2) is 18.3 Å². The third-order valence-corrected chi connectivity index (χ3v) is 2.29. The molecule has 0 aliphatic carbocycles. The first-order valence-electron chi connectivity index (χ1n) is 4.37. The number of carboxylic acid groups (broad SMARTS) is 1. The van der Waals surface area contributed by atoms with Gasteiger partial charge in [-0.2, -0.15) is 5.10 Å². The molecular formula is C10H10N2O3. The summed E-state index contributed by atoms with van der Waals surface area (Å²) in [5, 5.41) is 13.9. The fourth-order valence-corrected chi connectivity index (χ4v) is 1.61. The Morgan fingerprint density at radius 3 is 2.87 bits per heavy atom. The summed E-state index contributed by atoms with van der Waals surface area (Å²) in [5.41, 5.74) is 0.839. The Hall–Kier alpha value is -2.04. The number of methoxy groups -OCH3 is 1. The zero-order valence-electron chi connectivity index (χ0n) is 8.39. The number of aromatic carboxylic acids is 1. The summed E-state index contributed by atoms with van der Waals surface area (Å²) in [4.78, 5) is 10.9. The van der Waals surface area contributed by atoms with E-state index in [0.717, 1.165) is 5.39 Å². The number of nitrogens with zero attached hydrogens (tertiary/aromatic N) is 2. The van der Waals surface area contributed by atoms with Crippen LogP contribution < -0.4 is 4.74 Å². The quantitative estimate of drug-likeness (QED) is 0.803. The van der Waals surface area contributed by atoms with E-state index in [0.29, 0.717) is 11.3 Å². The van der Waals surface area contributed by atoms with Gasteiger partial charge in [-0.25, -0.2) is 4.79 Å². The molecule has 2 aromatic rings. The molecule has 0 atom stereocenters. The Morgan fingerprint density at radius 2 is 2.27 bits per heavy atom. The molecule has 0 fully saturated rings. The molecule has 0 bridgehead atoms.